The Kier molecular flexibility index (Phi) is 8.22. The van der Waals surface area contributed by atoms with E-state index in [-0.39, 0.29) is 42.6 Å². The van der Waals surface area contributed by atoms with Gasteiger partial charge >= 0.3 is 0 Å². The van der Waals surface area contributed by atoms with Crippen LogP contribution in [0.4, 0.5) is 5.69 Å². The Morgan fingerprint density at radius 3 is 2.54 bits per heavy atom. The summed E-state index contributed by atoms with van der Waals surface area (Å²) in [6.07, 6.45) is 1.26. The van der Waals surface area contributed by atoms with Gasteiger partial charge in [0, 0.05) is 31.2 Å². The summed E-state index contributed by atoms with van der Waals surface area (Å²) in [6.45, 7) is 8.10. The van der Waals surface area contributed by atoms with Crippen LogP contribution in [0.3, 0.4) is 0 Å². The topological polar surface area (TPSA) is 61.4 Å². The molecular formula is C18H28ClN3O2. The molecule has 0 spiro atoms. The molecule has 2 rings (SSSR count). The molecule has 1 aliphatic rings. The van der Waals surface area contributed by atoms with E-state index in [9.17, 15) is 9.59 Å². The summed E-state index contributed by atoms with van der Waals surface area (Å²) in [5.41, 5.74) is 2.12. The van der Waals surface area contributed by atoms with Crippen LogP contribution in [-0.4, -0.2) is 37.5 Å². The van der Waals surface area contributed by atoms with Crippen LogP contribution in [0.5, 0.6) is 0 Å². The van der Waals surface area contributed by atoms with Crippen LogP contribution < -0.4 is 15.5 Å². The molecule has 5 nitrogen and oxygen atoms in total. The zero-order valence-electron chi connectivity index (χ0n) is 14.7. The highest BCUT2D eigenvalue weighted by Gasteiger charge is 2.35. The fraction of sp³-hybridized carbons (Fsp3) is 0.556. The Labute approximate surface area is 150 Å². The Morgan fingerprint density at radius 2 is 1.96 bits per heavy atom. The highest BCUT2D eigenvalue weighted by atomic mass is 35.5. The van der Waals surface area contributed by atoms with E-state index in [2.05, 4.69) is 17.6 Å². The van der Waals surface area contributed by atoms with Crippen molar-refractivity contribution in [3.63, 3.8) is 0 Å². The lowest BCUT2D eigenvalue weighted by molar-refractivity contribution is -0.126. The lowest BCUT2D eigenvalue weighted by Gasteiger charge is -2.18. The minimum Gasteiger partial charge on any atom is -0.354 e. The van der Waals surface area contributed by atoms with Gasteiger partial charge in [0.1, 0.15) is 0 Å². The van der Waals surface area contributed by atoms with Gasteiger partial charge in [0.15, 0.2) is 0 Å². The van der Waals surface area contributed by atoms with Crippen LogP contribution in [0.15, 0.2) is 24.3 Å². The SMILES string of the molecule is CCN[C@H](C)CNC(=O)C1CC(=O)N(c2ccc(CC)cc2)C1.Cl. The first-order valence-electron chi connectivity index (χ1n) is 8.45. The van der Waals surface area contributed by atoms with Crippen molar-refractivity contribution >= 4 is 29.9 Å². The number of aryl methyl sites for hydroxylation is 1. The number of rotatable bonds is 7. The number of carbonyl (C=O) groups excluding carboxylic acids is 2. The summed E-state index contributed by atoms with van der Waals surface area (Å²) in [7, 11) is 0. The Balaban J connectivity index is 0.00000288. The number of halogens is 1. The molecule has 0 aromatic heterocycles. The molecule has 1 fully saturated rings. The summed E-state index contributed by atoms with van der Waals surface area (Å²) in [4.78, 5) is 26.2. The standard InChI is InChI=1S/C18H27N3O2.ClH/c1-4-14-6-8-16(9-7-14)21-12-15(10-17(21)22)18(23)20-11-13(3)19-5-2;/h6-9,13,15,19H,4-5,10-12H2,1-3H3,(H,20,23);1H/t13-,15?;/m1./s1. The highest BCUT2D eigenvalue weighted by Crippen LogP contribution is 2.25. The van der Waals surface area contributed by atoms with Gasteiger partial charge in [-0.2, -0.15) is 0 Å². The van der Waals surface area contributed by atoms with Crippen molar-refractivity contribution in [3.8, 4) is 0 Å². The van der Waals surface area contributed by atoms with Crippen molar-refractivity contribution < 1.29 is 9.59 Å². The first-order chi connectivity index (χ1) is 11.0. The van der Waals surface area contributed by atoms with E-state index in [1.54, 1.807) is 4.90 Å². The van der Waals surface area contributed by atoms with E-state index in [1.165, 1.54) is 5.56 Å². The molecule has 6 heteroatoms. The van der Waals surface area contributed by atoms with Crippen LogP contribution in [0.1, 0.15) is 32.8 Å². The predicted octanol–water partition coefficient (Wildman–Crippen LogP) is 2.14. The average molecular weight is 354 g/mol. The van der Waals surface area contributed by atoms with Gasteiger partial charge in [0.05, 0.1) is 5.92 Å². The summed E-state index contributed by atoms with van der Waals surface area (Å²) in [5, 5.41) is 6.19. The maximum absolute atomic E-state index is 12.3. The van der Waals surface area contributed by atoms with Crippen LogP contribution in [0.25, 0.3) is 0 Å². The quantitative estimate of drug-likeness (QED) is 0.789. The lowest BCUT2D eigenvalue weighted by Crippen LogP contribution is -2.41. The van der Waals surface area contributed by atoms with Crippen molar-refractivity contribution in [2.75, 3.05) is 24.5 Å². The number of amides is 2. The highest BCUT2D eigenvalue weighted by molar-refractivity contribution is 6.00. The number of benzene rings is 1. The summed E-state index contributed by atoms with van der Waals surface area (Å²) in [5.74, 6) is -0.271. The molecule has 1 heterocycles. The second-order valence-electron chi connectivity index (χ2n) is 6.13. The van der Waals surface area contributed by atoms with Crippen molar-refractivity contribution in [2.45, 2.75) is 39.7 Å². The van der Waals surface area contributed by atoms with Crippen LogP contribution >= 0.6 is 12.4 Å². The maximum atomic E-state index is 12.3. The molecule has 1 saturated heterocycles. The first-order valence-corrected chi connectivity index (χ1v) is 8.45. The number of nitrogens with one attached hydrogen (secondary N) is 2. The summed E-state index contributed by atoms with van der Waals surface area (Å²) >= 11 is 0. The van der Waals surface area contributed by atoms with Crippen LogP contribution in [-0.2, 0) is 16.0 Å². The van der Waals surface area contributed by atoms with Gasteiger partial charge in [0.2, 0.25) is 11.8 Å². The number of nitrogens with zero attached hydrogens (tertiary/aromatic N) is 1. The largest absolute Gasteiger partial charge is 0.354 e. The summed E-state index contributed by atoms with van der Waals surface area (Å²) in [6, 6.07) is 8.23. The molecular weight excluding hydrogens is 326 g/mol. The Hall–Kier alpha value is -1.59. The zero-order valence-corrected chi connectivity index (χ0v) is 15.5. The summed E-state index contributed by atoms with van der Waals surface area (Å²) < 4.78 is 0. The predicted molar refractivity (Wildman–Crippen MR) is 99.7 cm³/mol. The van der Waals surface area contributed by atoms with Crippen molar-refractivity contribution in [1.29, 1.82) is 0 Å². The third kappa shape index (κ3) is 5.21. The number of carbonyl (C=O) groups is 2. The average Bonchev–Trinajstić information content (AvgIpc) is 2.95. The normalized spacial score (nSPS) is 18.2. The van der Waals surface area contributed by atoms with Crippen LogP contribution in [0, 0.1) is 5.92 Å². The molecule has 2 N–H and O–H groups in total. The molecule has 1 aromatic carbocycles. The van der Waals surface area contributed by atoms with Gasteiger partial charge in [-0.25, -0.2) is 0 Å². The molecule has 0 aliphatic carbocycles. The van der Waals surface area contributed by atoms with E-state index in [1.807, 2.05) is 38.1 Å². The van der Waals surface area contributed by atoms with Crippen molar-refractivity contribution in [2.24, 2.45) is 5.92 Å². The van der Waals surface area contributed by atoms with Gasteiger partial charge in [-0.3, -0.25) is 9.59 Å². The van der Waals surface area contributed by atoms with Gasteiger partial charge in [-0.1, -0.05) is 26.0 Å². The van der Waals surface area contributed by atoms with E-state index in [0.717, 1.165) is 18.7 Å². The minimum atomic E-state index is -0.262. The fourth-order valence-electron chi connectivity index (χ4n) is 2.86. The van der Waals surface area contributed by atoms with E-state index >= 15 is 0 Å². The van der Waals surface area contributed by atoms with Gasteiger partial charge < -0.3 is 15.5 Å². The van der Waals surface area contributed by atoms with E-state index in [0.29, 0.717) is 13.1 Å². The zero-order chi connectivity index (χ0) is 16.8. The third-order valence-electron chi connectivity index (χ3n) is 4.29. The van der Waals surface area contributed by atoms with Gasteiger partial charge in [-0.05, 0) is 37.6 Å². The second-order valence-corrected chi connectivity index (χ2v) is 6.13. The molecule has 24 heavy (non-hydrogen) atoms. The van der Waals surface area contributed by atoms with Gasteiger partial charge in [0.25, 0.3) is 0 Å². The molecule has 0 radical (unpaired) electrons. The molecule has 2 atom stereocenters. The van der Waals surface area contributed by atoms with Gasteiger partial charge in [-0.15, -0.1) is 12.4 Å². The van der Waals surface area contributed by atoms with Crippen LogP contribution in [0.2, 0.25) is 0 Å². The maximum Gasteiger partial charge on any atom is 0.227 e. The number of anilines is 1. The van der Waals surface area contributed by atoms with E-state index in [4.69, 9.17) is 0 Å². The fourth-order valence-corrected chi connectivity index (χ4v) is 2.86. The molecule has 134 valence electrons. The van der Waals surface area contributed by atoms with Crippen molar-refractivity contribution in [1.82, 2.24) is 10.6 Å². The number of likely N-dealkylation sites (N-methyl/N-ethyl adjacent to an activating group) is 1. The van der Waals surface area contributed by atoms with Crippen molar-refractivity contribution in [3.05, 3.63) is 29.8 Å². The first kappa shape index (κ1) is 20.5. The molecule has 0 saturated carbocycles. The third-order valence-corrected chi connectivity index (χ3v) is 4.29. The van der Waals surface area contributed by atoms with E-state index < -0.39 is 0 Å². The Morgan fingerprint density at radius 1 is 1.29 bits per heavy atom. The molecule has 0 bridgehead atoms. The molecule has 1 aliphatic heterocycles. The minimum absolute atomic E-state index is 0. The molecule has 2 amide bonds. The number of hydrogen-bond donors (Lipinski definition) is 2. The lowest BCUT2D eigenvalue weighted by atomic mass is 10.1. The smallest absolute Gasteiger partial charge is 0.227 e. The number of hydrogen-bond acceptors (Lipinski definition) is 3. The monoisotopic (exact) mass is 353 g/mol. The molecule has 1 aromatic rings. The second kappa shape index (κ2) is 9.64. The molecule has 1 unspecified atom stereocenters. The Bertz CT molecular complexity index is 548.